The molecular formula is C40H52N2O4. The van der Waals surface area contributed by atoms with Crippen LogP contribution in [0.5, 0.6) is 0 Å². The third kappa shape index (κ3) is 6.34. The highest BCUT2D eigenvalue weighted by molar-refractivity contribution is 5.93. The van der Waals surface area contributed by atoms with Crippen molar-refractivity contribution in [1.82, 2.24) is 0 Å². The Balaban J connectivity index is 1.64. The Bertz CT molecular complexity index is 1620. The first kappa shape index (κ1) is 31.7. The summed E-state index contributed by atoms with van der Waals surface area (Å²) in [4.78, 5) is 0. The van der Waals surface area contributed by atoms with Crippen LogP contribution in [0, 0.1) is 27.7 Å². The molecule has 46 heavy (non-hydrogen) atoms. The molecule has 4 fully saturated rings. The molecule has 6 heteroatoms. The predicted molar refractivity (Wildman–Crippen MR) is 187 cm³/mol. The lowest BCUT2D eigenvalue weighted by Gasteiger charge is -2.39. The Labute approximate surface area is 275 Å². The molecule has 3 aromatic rings. The lowest BCUT2D eigenvalue weighted by molar-refractivity contribution is 0.295. The van der Waals surface area contributed by atoms with Crippen LogP contribution in [0.25, 0.3) is 22.3 Å². The first-order chi connectivity index (χ1) is 21.9. The van der Waals surface area contributed by atoms with E-state index < -0.39 is 0 Å². The standard InChI is InChI=1S/C40H52N2O4/c1-21(2)34-32(14-29-18-44-29)33(15-30-19-45-30)37(40(7,16-31-20-46-31)9-8-28-17-43-28)36(27-12-24(5)39(42)25(6)13-27)35(34)26-10-22(3)38(41)23(4)11-26/h10-13,21,28-31H,8-9,14-20,41-42H2,1-7H3. The minimum atomic E-state index is -0.142. The maximum atomic E-state index is 6.61. The monoisotopic (exact) mass is 624 g/mol. The van der Waals surface area contributed by atoms with Gasteiger partial charge >= 0.3 is 0 Å². The third-order valence-electron chi connectivity index (χ3n) is 10.9. The molecule has 0 spiro atoms. The van der Waals surface area contributed by atoms with Crippen LogP contribution in [0.1, 0.15) is 90.5 Å². The second kappa shape index (κ2) is 12.0. The van der Waals surface area contributed by atoms with Gasteiger partial charge < -0.3 is 30.4 Å². The van der Waals surface area contributed by atoms with Crippen LogP contribution in [0.3, 0.4) is 0 Å². The van der Waals surface area contributed by atoms with E-state index in [1.54, 1.807) is 0 Å². The molecule has 0 bridgehead atoms. The van der Waals surface area contributed by atoms with Gasteiger partial charge in [0.05, 0.1) is 50.8 Å². The van der Waals surface area contributed by atoms with E-state index in [1.807, 2.05) is 0 Å². The smallest absolute Gasteiger partial charge is 0.0850 e. The zero-order valence-corrected chi connectivity index (χ0v) is 28.8. The molecule has 4 N–H and O–H groups in total. The van der Waals surface area contributed by atoms with Crippen LogP contribution in [0.4, 0.5) is 11.4 Å². The normalized spacial score (nSPS) is 24.3. The molecule has 0 aliphatic carbocycles. The zero-order valence-electron chi connectivity index (χ0n) is 28.8. The Hall–Kier alpha value is -2.90. The van der Waals surface area contributed by atoms with Crippen LogP contribution in [-0.2, 0) is 37.2 Å². The lowest BCUT2D eigenvalue weighted by Crippen LogP contribution is -2.30. The first-order valence-electron chi connectivity index (χ1n) is 17.4. The quantitative estimate of drug-likeness (QED) is 0.150. The van der Waals surface area contributed by atoms with E-state index in [0.717, 1.165) is 92.2 Å². The first-order valence-corrected chi connectivity index (χ1v) is 17.4. The molecule has 4 aliphatic rings. The van der Waals surface area contributed by atoms with Crippen LogP contribution in [0.15, 0.2) is 24.3 Å². The largest absolute Gasteiger partial charge is 0.398 e. The molecule has 4 aliphatic heterocycles. The Morgan fingerprint density at radius 3 is 1.54 bits per heavy atom. The second-order valence-corrected chi connectivity index (χ2v) is 15.2. The predicted octanol–water partition coefficient (Wildman–Crippen LogP) is 7.65. The Kier molecular flexibility index (Phi) is 8.24. The maximum absolute atomic E-state index is 6.61. The van der Waals surface area contributed by atoms with Crippen molar-refractivity contribution in [1.29, 1.82) is 0 Å². The minimum Gasteiger partial charge on any atom is -0.398 e. The summed E-state index contributed by atoms with van der Waals surface area (Å²) >= 11 is 0. The number of hydrogen-bond donors (Lipinski definition) is 2. The van der Waals surface area contributed by atoms with Gasteiger partial charge in [0.15, 0.2) is 0 Å². The molecule has 6 nitrogen and oxygen atoms in total. The highest BCUT2D eigenvalue weighted by Gasteiger charge is 2.44. The van der Waals surface area contributed by atoms with E-state index in [-0.39, 0.29) is 23.7 Å². The molecule has 246 valence electrons. The lowest BCUT2D eigenvalue weighted by atomic mass is 9.65. The molecule has 7 rings (SSSR count). The molecule has 5 unspecified atom stereocenters. The molecule has 0 saturated carbocycles. The summed E-state index contributed by atoms with van der Waals surface area (Å²) in [7, 11) is 0. The third-order valence-corrected chi connectivity index (χ3v) is 10.9. The number of aryl methyl sites for hydroxylation is 4. The zero-order chi connectivity index (χ0) is 32.5. The molecule has 0 radical (unpaired) electrons. The van der Waals surface area contributed by atoms with Crippen LogP contribution in [0.2, 0.25) is 0 Å². The van der Waals surface area contributed by atoms with Crippen LogP contribution in [-0.4, -0.2) is 50.8 Å². The number of benzene rings is 3. The van der Waals surface area contributed by atoms with E-state index >= 15 is 0 Å². The molecule has 5 atom stereocenters. The van der Waals surface area contributed by atoms with Crippen molar-refractivity contribution >= 4 is 11.4 Å². The number of epoxide rings is 4. The summed E-state index contributed by atoms with van der Waals surface area (Å²) in [6, 6.07) is 9.28. The number of nitrogen functional groups attached to an aromatic ring is 2. The number of anilines is 2. The van der Waals surface area contributed by atoms with Gasteiger partial charge in [0, 0.05) is 24.2 Å². The summed E-state index contributed by atoms with van der Waals surface area (Å²) in [6.45, 7) is 19.1. The fourth-order valence-corrected chi connectivity index (χ4v) is 8.02. The van der Waals surface area contributed by atoms with E-state index in [1.165, 1.54) is 44.5 Å². The molecule has 4 saturated heterocycles. The van der Waals surface area contributed by atoms with Crippen LogP contribution < -0.4 is 11.5 Å². The molecule has 0 aromatic heterocycles. The van der Waals surface area contributed by atoms with Gasteiger partial charge in [0.1, 0.15) is 0 Å². The van der Waals surface area contributed by atoms with Crippen molar-refractivity contribution in [2.45, 2.75) is 116 Å². The van der Waals surface area contributed by atoms with Gasteiger partial charge in [-0.3, -0.25) is 0 Å². The summed E-state index contributed by atoms with van der Waals surface area (Å²) in [6.07, 6.45) is 6.05. The number of nitrogens with two attached hydrogens (primary N) is 2. The van der Waals surface area contributed by atoms with E-state index in [0.29, 0.717) is 12.0 Å². The van der Waals surface area contributed by atoms with Crippen molar-refractivity contribution in [3.8, 4) is 22.3 Å². The summed E-state index contributed by atoms with van der Waals surface area (Å²) in [5.74, 6) is 0.294. The van der Waals surface area contributed by atoms with Crippen molar-refractivity contribution in [3.63, 3.8) is 0 Å². The van der Waals surface area contributed by atoms with Crippen molar-refractivity contribution in [3.05, 3.63) is 68.8 Å². The van der Waals surface area contributed by atoms with E-state index in [4.69, 9.17) is 30.4 Å². The van der Waals surface area contributed by atoms with Crippen LogP contribution >= 0.6 is 0 Å². The Morgan fingerprint density at radius 1 is 0.674 bits per heavy atom. The van der Waals surface area contributed by atoms with Crippen molar-refractivity contribution < 1.29 is 18.9 Å². The van der Waals surface area contributed by atoms with Crippen molar-refractivity contribution in [2.75, 3.05) is 37.9 Å². The van der Waals surface area contributed by atoms with Gasteiger partial charge in [0.25, 0.3) is 0 Å². The van der Waals surface area contributed by atoms with E-state index in [2.05, 4.69) is 72.7 Å². The topological polar surface area (TPSA) is 102 Å². The molecule has 4 heterocycles. The average molecular weight is 625 g/mol. The average Bonchev–Trinajstić information content (AvgIpc) is 3.80. The fourth-order valence-electron chi connectivity index (χ4n) is 8.02. The summed E-state index contributed by atoms with van der Waals surface area (Å²) in [5, 5.41) is 0. The number of rotatable bonds is 13. The van der Waals surface area contributed by atoms with Gasteiger partial charge in [0.2, 0.25) is 0 Å². The summed E-state index contributed by atoms with van der Waals surface area (Å²) in [5.41, 5.74) is 30.2. The fraction of sp³-hybridized carbons (Fsp3) is 0.550. The number of hydrogen-bond acceptors (Lipinski definition) is 6. The summed E-state index contributed by atoms with van der Waals surface area (Å²) < 4.78 is 23.8. The van der Waals surface area contributed by atoms with Gasteiger partial charge in [-0.1, -0.05) is 20.8 Å². The molecule has 3 aromatic carbocycles. The van der Waals surface area contributed by atoms with Gasteiger partial charge in [-0.05, 0) is 149 Å². The maximum Gasteiger partial charge on any atom is 0.0850 e. The van der Waals surface area contributed by atoms with E-state index in [9.17, 15) is 0 Å². The second-order valence-electron chi connectivity index (χ2n) is 15.2. The van der Waals surface area contributed by atoms with Gasteiger partial charge in [-0.2, -0.15) is 0 Å². The highest BCUT2D eigenvalue weighted by atomic mass is 16.6. The van der Waals surface area contributed by atoms with Gasteiger partial charge in [-0.25, -0.2) is 0 Å². The molecule has 0 amide bonds. The molecular weight excluding hydrogens is 572 g/mol. The highest BCUT2D eigenvalue weighted by Crippen LogP contribution is 2.53. The minimum absolute atomic E-state index is 0.142. The van der Waals surface area contributed by atoms with Crippen molar-refractivity contribution in [2.24, 2.45) is 0 Å². The van der Waals surface area contributed by atoms with Gasteiger partial charge in [-0.15, -0.1) is 0 Å². The number of ether oxygens (including phenoxy) is 4. The Morgan fingerprint density at radius 2 is 1.11 bits per heavy atom. The SMILES string of the molecule is Cc1cc(-c2c(-c3cc(C)c(N)c(C)c3)c(C(C)(CCC3CO3)CC3CO3)c(CC3CO3)c(CC3CO3)c2C(C)C)cc(C)c1N.